The summed E-state index contributed by atoms with van der Waals surface area (Å²) in [6.45, 7) is 9.34. The summed E-state index contributed by atoms with van der Waals surface area (Å²) < 4.78 is 3.30. The summed E-state index contributed by atoms with van der Waals surface area (Å²) in [4.78, 5) is 34.0. The van der Waals surface area contributed by atoms with Gasteiger partial charge in [0.05, 0.1) is 29.7 Å². The van der Waals surface area contributed by atoms with Gasteiger partial charge in [0.2, 0.25) is 6.41 Å². The molecule has 0 radical (unpaired) electrons. The maximum absolute atomic E-state index is 10.3. The molecule has 11 heteroatoms. The molecule has 0 saturated heterocycles. The highest BCUT2D eigenvalue weighted by Gasteiger charge is 1.99. The van der Waals surface area contributed by atoms with Crippen LogP contribution in [0.4, 0.5) is 5.69 Å². The van der Waals surface area contributed by atoms with Crippen molar-refractivity contribution in [2.24, 2.45) is 25.6 Å². The van der Waals surface area contributed by atoms with Gasteiger partial charge in [-0.1, -0.05) is 13.5 Å². The van der Waals surface area contributed by atoms with Crippen molar-refractivity contribution in [1.29, 1.82) is 0 Å². The number of nitrogens with one attached hydrogen (secondary N) is 3. The zero-order valence-electron chi connectivity index (χ0n) is 19.0. The van der Waals surface area contributed by atoms with Gasteiger partial charge in [0, 0.05) is 39.9 Å². The number of hydrogen-bond acceptors (Lipinski definition) is 8. The molecule has 2 aromatic rings. The molecule has 1 unspecified atom stereocenters. The molecule has 0 aromatic carbocycles. The lowest BCUT2D eigenvalue weighted by atomic mass is 10.4. The topological polar surface area (TPSA) is 162 Å². The van der Waals surface area contributed by atoms with Crippen LogP contribution in [0.25, 0.3) is 0 Å². The fraction of sp³-hybridized carbons (Fsp3) is 0.400. The first-order valence-electron chi connectivity index (χ1n) is 9.48. The molecule has 0 fully saturated rings. The van der Waals surface area contributed by atoms with Crippen molar-refractivity contribution in [1.82, 2.24) is 24.8 Å². The van der Waals surface area contributed by atoms with Gasteiger partial charge in [-0.3, -0.25) is 14.4 Å². The lowest BCUT2D eigenvalue weighted by Crippen LogP contribution is -2.30. The Morgan fingerprint density at radius 2 is 1.81 bits per heavy atom. The molecule has 1 amide bonds. The highest BCUT2D eigenvalue weighted by atomic mass is 16.1. The summed E-state index contributed by atoms with van der Waals surface area (Å²) >= 11 is 0. The van der Waals surface area contributed by atoms with Gasteiger partial charge in [0.25, 0.3) is 0 Å². The van der Waals surface area contributed by atoms with Crippen LogP contribution in [0.5, 0.6) is 0 Å². The first-order chi connectivity index (χ1) is 14.7. The summed E-state index contributed by atoms with van der Waals surface area (Å²) in [6.07, 6.45) is 6.85. The number of aldehydes is 2. The summed E-state index contributed by atoms with van der Waals surface area (Å²) in [5.41, 5.74) is 12.2. The molecule has 0 spiro atoms. The van der Waals surface area contributed by atoms with E-state index < -0.39 is 0 Å². The number of rotatable bonds is 8. The SMILES string of the molecule is C=C(N)NC.CCNCC(C)N.Cn1cc(NC=O)cc1C=O.Cn1cncc1C=O. The van der Waals surface area contributed by atoms with Crippen molar-refractivity contribution in [3.8, 4) is 0 Å². The maximum Gasteiger partial charge on any atom is 0.211 e. The van der Waals surface area contributed by atoms with Gasteiger partial charge in [-0.2, -0.15) is 0 Å². The lowest BCUT2D eigenvalue weighted by molar-refractivity contribution is -0.105. The maximum atomic E-state index is 10.3. The third-order valence-corrected chi connectivity index (χ3v) is 3.40. The van der Waals surface area contributed by atoms with Crippen LogP contribution in [-0.4, -0.2) is 59.3 Å². The number of carbonyl (C=O) groups is 3. The van der Waals surface area contributed by atoms with Crippen molar-refractivity contribution in [3.63, 3.8) is 0 Å². The number of likely N-dealkylation sites (N-methyl/N-ethyl adjacent to an activating group) is 1. The van der Waals surface area contributed by atoms with Crippen molar-refractivity contribution in [2.45, 2.75) is 19.9 Å². The molecule has 0 aliphatic rings. The van der Waals surface area contributed by atoms with Crippen LogP contribution in [-0.2, 0) is 18.9 Å². The number of carbonyl (C=O) groups excluding carboxylic acids is 3. The van der Waals surface area contributed by atoms with E-state index in [0.717, 1.165) is 25.7 Å². The molecule has 0 aliphatic carbocycles. The summed E-state index contributed by atoms with van der Waals surface area (Å²) in [5, 5.41) is 8.18. The Labute approximate surface area is 183 Å². The zero-order chi connectivity index (χ0) is 24.2. The lowest BCUT2D eigenvalue weighted by Gasteiger charge is -2.02. The Hall–Kier alpha value is -3.44. The average molecular weight is 437 g/mol. The Bertz CT molecular complexity index is 768. The molecular weight excluding hydrogens is 400 g/mol. The van der Waals surface area contributed by atoms with E-state index >= 15 is 0 Å². The fourth-order valence-electron chi connectivity index (χ4n) is 1.70. The largest absolute Gasteiger partial charge is 0.386 e. The minimum atomic E-state index is 0.292. The molecule has 2 aromatic heterocycles. The minimum Gasteiger partial charge on any atom is -0.386 e. The number of nitrogens with two attached hydrogens (primary N) is 2. The van der Waals surface area contributed by atoms with Crippen LogP contribution in [0.15, 0.2) is 37.2 Å². The van der Waals surface area contributed by atoms with Gasteiger partial charge in [-0.05, 0) is 19.5 Å². The molecule has 2 heterocycles. The minimum absolute atomic E-state index is 0.292. The summed E-state index contributed by atoms with van der Waals surface area (Å²) in [6, 6.07) is 1.89. The van der Waals surface area contributed by atoms with Crippen molar-refractivity contribution in [3.05, 3.63) is 48.6 Å². The second-order valence-corrected chi connectivity index (χ2v) is 6.25. The summed E-state index contributed by atoms with van der Waals surface area (Å²) in [5.74, 6) is 0.505. The molecule has 7 N–H and O–H groups in total. The van der Waals surface area contributed by atoms with E-state index in [2.05, 4.69) is 34.4 Å². The van der Waals surface area contributed by atoms with Crippen molar-refractivity contribution in [2.75, 3.05) is 25.5 Å². The van der Waals surface area contributed by atoms with Gasteiger partial charge >= 0.3 is 0 Å². The van der Waals surface area contributed by atoms with E-state index in [4.69, 9.17) is 11.5 Å². The van der Waals surface area contributed by atoms with Gasteiger partial charge in [0.1, 0.15) is 5.69 Å². The van der Waals surface area contributed by atoms with Crippen LogP contribution in [0.2, 0.25) is 0 Å². The molecule has 1 atom stereocenters. The van der Waals surface area contributed by atoms with Gasteiger partial charge in [0.15, 0.2) is 12.6 Å². The fourth-order valence-corrected chi connectivity index (χ4v) is 1.70. The van der Waals surface area contributed by atoms with Crippen molar-refractivity contribution < 1.29 is 14.4 Å². The van der Waals surface area contributed by atoms with Crippen LogP contribution in [0, 0.1) is 0 Å². The summed E-state index contributed by atoms with van der Waals surface area (Å²) in [7, 11) is 5.23. The number of hydrogen-bond donors (Lipinski definition) is 5. The van der Waals surface area contributed by atoms with Crippen LogP contribution in [0.3, 0.4) is 0 Å². The van der Waals surface area contributed by atoms with Crippen LogP contribution in [0.1, 0.15) is 34.8 Å². The van der Waals surface area contributed by atoms with Gasteiger partial charge in [-0.15, -0.1) is 0 Å². The van der Waals surface area contributed by atoms with Crippen LogP contribution >= 0.6 is 0 Å². The Morgan fingerprint density at radius 3 is 2.06 bits per heavy atom. The number of amides is 1. The van der Waals surface area contributed by atoms with E-state index in [0.29, 0.717) is 35.3 Å². The predicted molar refractivity (Wildman–Crippen MR) is 124 cm³/mol. The number of imidazole rings is 1. The highest BCUT2D eigenvalue weighted by molar-refractivity contribution is 5.79. The normalized spacial score (nSPS) is 9.87. The second-order valence-electron chi connectivity index (χ2n) is 6.25. The van der Waals surface area contributed by atoms with E-state index in [1.165, 1.54) is 6.20 Å². The molecule has 2 rings (SSSR count). The molecule has 0 bridgehead atoms. The first kappa shape index (κ1) is 29.8. The Balaban J connectivity index is 0. The number of aryl methyl sites for hydroxylation is 2. The molecule has 0 saturated carbocycles. The van der Waals surface area contributed by atoms with E-state index in [1.807, 2.05) is 6.92 Å². The Morgan fingerprint density at radius 1 is 1.23 bits per heavy atom. The molecule has 0 aliphatic heterocycles. The smallest absolute Gasteiger partial charge is 0.211 e. The second kappa shape index (κ2) is 18.6. The third kappa shape index (κ3) is 16.1. The zero-order valence-corrected chi connectivity index (χ0v) is 19.0. The first-order valence-corrected chi connectivity index (χ1v) is 9.48. The molecular formula is C20H36N8O3. The van der Waals surface area contributed by atoms with Gasteiger partial charge < -0.3 is 36.6 Å². The molecule has 11 nitrogen and oxygen atoms in total. The number of nitrogens with zero attached hydrogens (tertiary/aromatic N) is 3. The van der Waals surface area contributed by atoms with E-state index in [9.17, 15) is 14.4 Å². The molecule has 174 valence electrons. The third-order valence-electron chi connectivity index (χ3n) is 3.40. The number of anilines is 1. The van der Waals surface area contributed by atoms with E-state index in [-0.39, 0.29) is 0 Å². The number of aromatic nitrogens is 3. The monoisotopic (exact) mass is 436 g/mol. The van der Waals surface area contributed by atoms with Crippen LogP contribution < -0.4 is 27.4 Å². The van der Waals surface area contributed by atoms with Crippen molar-refractivity contribution >= 4 is 24.7 Å². The Kier molecular flexibility index (Phi) is 17.8. The average Bonchev–Trinajstić information content (AvgIpc) is 3.32. The predicted octanol–water partition coefficient (Wildman–Crippen LogP) is 0.217. The quantitative estimate of drug-likeness (QED) is 0.367. The standard InChI is InChI=1S/C7H8N2O2.C5H6N2O.C5H14N2.C3H8N2/c1-9-3-6(8-5-11)2-7(9)4-10;1-7-4-6-2-5(7)3-8;1-3-7-4-5(2)6;1-3(4)5-2/h2-5H,1H3,(H,8,11);2-4H,1H3;5,7H,3-4,6H2,1-2H3;5H,1,4H2,2H3. The highest BCUT2D eigenvalue weighted by Crippen LogP contribution is 2.09. The van der Waals surface area contributed by atoms with E-state index in [1.54, 1.807) is 48.9 Å². The molecule has 31 heavy (non-hydrogen) atoms. The van der Waals surface area contributed by atoms with Gasteiger partial charge in [-0.25, -0.2) is 4.98 Å².